The van der Waals surface area contributed by atoms with Gasteiger partial charge in [0.05, 0.1) is 11.9 Å². The molecule has 0 aliphatic carbocycles. The first-order chi connectivity index (χ1) is 26.2. The van der Waals surface area contributed by atoms with Gasteiger partial charge in [0.15, 0.2) is 6.10 Å². The lowest BCUT2D eigenvalue weighted by Gasteiger charge is -2.35. The van der Waals surface area contributed by atoms with Crippen LogP contribution in [0.15, 0.2) is 30.3 Å². The van der Waals surface area contributed by atoms with Gasteiger partial charge in [0, 0.05) is 11.7 Å². The van der Waals surface area contributed by atoms with Gasteiger partial charge in [-0.2, -0.15) is 11.8 Å². The minimum atomic E-state index is -1.82. The molecule has 314 valence electrons. The molecule has 15 nitrogen and oxygen atoms in total. The van der Waals surface area contributed by atoms with E-state index < -0.39 is 100 Å². The Morgan fingerprint density at radius 1 is 0.875 bits per heavy atom. The normalized spacial score (nSPS) is 18.8. The number of aliphatic hydroxyl groups is 1. The van der Waals surface area contributed by atoms with Gasteiger partial charge in [-0.15, -0.1) is 11.8 Å². The molecule has 0 spiro atoms. The first-order valence-corrected chi connectivity index (χ1v) is 21.5. The van der Waals surface area contributed by atoms with Crippen molar-refractivity contribution in [3.63, 3.8) is 0 Å². The van der Waals surface area contributed by atoms with E-state index >= 15 is 0 Å². The fourth-order valence-electron chi connectivity index (χ4n) is 6.39. The summed E-state index contributed by atoms with van der Waals surface area (Å²) in [4.78, 5) is 94.5. The monoisotopic (exact) mass is 821 g/mol. The van der Waals surface area contributed by atoms with Gasteiger partial charge in [-0.05, 0) is 62.0 Å². The van der Waals surface area contributed by atoms with E-state index in [1.54, 1.807) is 65.8 Å². The number of nitrogens with one attached hydrogen (secondary N) is 5. The average Bonchev–Trinajstić information content (AvgIpc) is 3.46. The fraction of sp³-hybridized carbons (Fsp3) is 0.667. The molecule has 1 aliphatic rings. The molecule has 8 N–H and O–H groups in total. The Balaban J connectivity index is 2.41. The summed E-state index contributed by atoms with van der Waals surface area (Å²) in [5, 5.41) is 25.5. The van der Waals surface area contributed by atoms with E-state index in [2.05, 4.69) is 26.6 Å². The third-order valence-corrected chi connectivity index (χ3v) is 12.0. The lowest BCUT2D eigenvalue weighted by Crippen LogP contribution is -2.63. The molecule has 1 saturated heterocycles. The van der Waals surface area contributed by atoms with E-state index in [-0.39, 0.29) is 18.2 Å². The second-order valence-electron chi connectivity index (χ2n) is 15.6. The van der Waals surface area contributed by atoms with E-state index in [1.807, 2.05) is 26.2 Å². The topological polar surface area (TPSA) is 229 Å². The van der Waals surface area contributed by atoms with Crippen molar-refractivity contribution >= 4 is 64.9 Å². The van der Waals surface area contributed by atoms with Crippen molar-refractivity contribution in [1.82, 2.24) is 31.5 Å². The van der Waals surface area contributed by atoms with Crippen molar-refractivity contribution in [2.24, 2.45) is 23.5 Å². The zero-order valence-corrected chi connectivity index (χ0v) is 36.0. The molecule has 0 aromatic heterocycles. The quantitative estimate of drug-likeness (QED) is 0.0941. The molecule has 1 aromatic carbocycles. The fourth-order valence-corrected chi connectivity index (χ4v) is 8.00. The molecule has 0 saturated carbocycles. The Labute approximate surface area is 339 Å². The Bertz CT molecular complexity index is 1530. The zero-order valence-electron chi connectivity index (χ0n) is 34.3. The lowest BCUT2D eigenvalue weighted by atomic mass is 9.94. The van der Waals surface area contributed by atoms with Crippen molar-refractivity contribution < 1.29 is 38.7 Å². The second-order valence-corrected chi connectivity index (χ2v) is 18.2. The van der Waals surface area contributed by atoms with Crippen LogP contribution >= 0.6 is 23.5 Å². The van der Waals surface area contributed by atoms with Crippen LogP contribution in [-0.2, 0) is 40.0 Å². The summed E-state index contributed by atoms with van der Waals surface area (Å²) in [6, 6.07) is 2.66. The van der Waals surface area contributed by atoms with Crippen LogP contribution in [0.25, 0.3) is 0 Å². The maximum absolute atomic E-state index is 14.3. The van der Waals surface area contributed by atoms with Crippen molar-refractivity contribution in [3.05, 3.63) is 35.9 Å². The summed E-state index contributed by atoms with van der Waals surface area (Å²) < 4.78 is -0.850. The Morgan fingerprint density at radius 2 is 1.43 bits per heavy atom. The molecule has 0 radical (unpaired) electrons. The van der Waals surface area contributed by atoms with E-state index in [1.165, 1.54) is 35.3 Å². The first kappa shape index (κ1) is 48.3. The number of thioether (sulfide) groups is 2. The van der Waals surface area contributed by atoms with Gasteiger partial charge >= 0.3 is 0 Å². The molecule has 1 aliphatic heterocycles. The number of carbonyl (C=O) groups excluding carboxylic acids is 7. The Morgan fingerprint density at radius 3 is 1.95 bits per heavy atom. The standard InChI is InChI=1S/C39H63N7O8S2/c1-11-23(6)30(41-24(7)47)36(52)44-28(21(2)3)35(51)43-27(19-25-15-13-12-14-16-25)31(48)38(54)46-20-56-39(8,9)32(46)37(53)45-29(22(4)5)34(50)42-26(33(40)49)17-18-55-10/h12-16,21-23,26-32,48H,11,17-20H2,1-10H3,(H2,40,49)(H,41,47)(H,42,50)(H,43,51)(H,44,52)(H,45,53)/t23-,26-,27-,28-,29-,30-,31-,32+/m0/s1. The van der Waals surface area contributed by atoms with Gasteiger partial charge in [0.1, 0.15) is 30.2 Å². The number of nitrogens with two attached hydrogens (primary N) is 1. The summed E-state index contributed by atoms with van der Waals surface area (Å²) >= 11 is 2.81. The highest BCUT2D eigenvalue weighted by Gasteiger charge is 2.50. The van der Waals surface area contributed by atoms with Crippen LogP contribution in [0.4, 0.5) is 0 Å². The molecular formula is C39H63N7O8S2. The highest BCUT2D eigenvalue weighted by Crippen LogP contribution is 2.40. The van der Waals surface area contributed by atoms with E-state index in [0.717, 1.165) is 0 Å². The molecule has 1 aromatic rings. The minimum absolute atomic E-state index is 0.0357. The molecule has 0 unspecified atom stereocenters. The molecule has 8 atom stereocenters. The van der Waals surface area contributed by atoms with E-state index in [4.69, 9.17) is 5.73 Å². The first-order valence-electron chi connectivity index (χ1n) is 19.1. The molecular weight excluding hydrogens is 759 g/mol. The van der Waals surface area contributed by atoms with Gasteiger partial charge in [0.25, 0.3) is 5.91 Å². The van der Waals surface area contributed by atoms with Crippen LogP contribution in [0.2, 0.25) is 0 Å². The number of benzene rings is 1. The molecule has 1 fully saturated rings. The van der Waals surface area contributed by atoms with Crippen LogP contribution < -0.4 is 32.3 Å². The van der Waals surface area contributed by atoms with Crippen molar-refractivity contribution in [2.45, 2.75) is 129 Å². The van der Waals surface area contributed by atoms with Crippen LogP contribution in [0.1, 0.15) is 80.7 Å². The second kappa shape index (κ2) is 22.2. The zero-order chi connectivity index (χ0) is 42.5. The van der Waals surface area contributed by atoms with Crippen LogP contribution in [0, 0.1) is 17.8 Å². The molecule has 0 bridgehead atoms. The largest absolute Gasteiger partial charge is 0.381 e. The van der Waals surface area contributed by atoms with E-state index in [9.17, 15) is 38.7 Å². The van der Waals surface area contributed by atoms with Crippen LogP contribution in [0.3, 0.4) is 0 Å². The summed E-state index contributed by atoms with van der Waals surface area (Å²) in [6.45, 7) is 15.5. The number of nitrogens with zero attached hydrogens (tertiary/aromatic N) is 1. The molecule has 56 heavy (non-hydrogen) atoms. The number of hydrogen-bond acceptors (Lipinski definition) is 10. The average molecular weight is 822 g/mol. The van der Waals surface area contributed by atoms with Gasteiger partial charge in [-0.1, -0.05) is 78.3 Å². The predicted molar refractivity (Wildman–Crippen MR) is 220 cm³/mol. The Hall–Kier alpha value is -3.83. The van der Waals surface area contributed by atoms with E-state index in [0.29, 0.717) is 24.2 Å². The molecule has 1 heterocycles. The summed E-state index contributed by atoms with van der Waals surface area (Å²) in [6.07, 6.45) is 0.983. The Kier molecular flexibility index (Phi) is 19.2. The number of hydrogen-bond donors (Lipinski definition) is 7. The smallest absolute Gasteiger partial charge is 0.254 e. The lowest BCUT2D eigenvalue weighted by molar-refractivity contribution is -0.148. The van der Waals surface area contributed by atoms with Crippen LogP contribution in [0.5, 0.6) is 0 Å². The van der Waals surface area contributed by atoms with Crippen LogP contribution in [-0.4, -0.2) is 116 Å². The van der Waals surface area contributed by atoms with Gasteiger partial charge in [0.2, 0.25) is 35.4 Å². The number of primary amides is 1. The summed E-state index contributed by atoms with van der Waals surface area (Å²) in [5.41, 5.74) is 6.25. The SMILES string of the molecule is CC[C@H](C)[C@H](NC(C)=O)C(=O)N[C@H](C(=O)N[C@@H](Cc1ccccc1)[C@H](O)C(=O)N1CSC(C)(C)[C@H]1C(=O)N[C@H](C(=O)N[C@@H](CCSC)C(N)=O)C(C)C)C(C)C. The maximum Gasteiger partial charge on any atom is 0.254 e. The number of carbonyl (C=O) groups is 7. The van der Waals surface area contributed by atoms with Crippen molar-refractivity contribution in [1.29, 1.82) is 0 Å². The summed E-state index contributed by atoms with van der Waals surface area (Å²) in [5.74, 6) is -4.74. The number of rotatable bonds is 21. The van der Waals surface area contributed by atoms with Gasteiger partial charge < -0.3 is 42.3 Å². The summed E-state index contributed by atoms with van der Waals surface area (Å²) in [7, 11) is 0. The third-order valence-electron chi connectivity index (χ3n) is 9.96. The molecule has 7 amide bonds. The molecule has 2 rings (SSSR count). The highest BCUT2D eigenvalue weighted by molar-refractivity contribution is 8.00. The van der Waals surface area contributed by atoms with Gasteiger partial charge in [-0.25, -0.2) is 0 Å². The predicted octanol–water partition coefficient (Wildman–Crippen LogP) is 1.31. The number of amides is 7. The number of aliphatic hydroxyl groups excluding tert-OH is 1. The molecule has 17 heteroatoms. The minimum Gasteiger partial charge on any atom is -0.381 e. The van der Waals surface area contributed by atoms with Crippen molar-refractivity contribution in [3.8, 4) is 0 Å². The van der Waals surface area contributed by atoms with Crippen molar-refractivity contribution in [2.75, 3.05) is 17.9 Å². The third kappa shape index (κ3) is 13.7. The van der Waals surface area contributed by atoms with Gasteiger partial charge in [-0.3, -0.25) is 33.6 Å². The highest BCUT2D eigenvalue weighted by atomic mass is 32.2. The maximum atomic E-state index is 14.3.